The standard InChI is InChI=1S/C25H25FN4O4S.O2S/c1-16-3-8-22(21(26)13-16)29-25-24-23(27-15-28-25)20(14-34-24)17-9-11-30(12-10-17)35(31,32)19-6-4-18(33-2)5-7-19;1-3-2/h3-8,13-15,17H,9-12H2,1-2H3,(H,27,28,29);. The molecular weight excluding hydrogens is 535 g/mol. The van der Waals surface area contributed by atoms with Crippen molar-refractivity contribution in [3.8, 4) is 5.75 Å². The van der Waals surface area contributed by atoms with Gasteiger partial charge < -0.3 is 14.5 Å². The Bertz CT molecular complexity index is 1560. The number of halogens is 1. The van der Waals surface area contributed by atoms with Crippen LogP contribution in [0.3, 0.4) is 0 Å². The predicted octanol–water partition coefficient (Wildman–Crippen LogP) is 4.32. The largest absolute Gasteiger partial charge is 0.497 e. The zero-order valence-electron chi connectivity index (χ0n) is 20.6. The van der Waals surface area contributed by atoms with Gasteiger partial charge in [0.2, 0.25) is 10.0 Å². The summed E-state index contributed by atoms with van der Waals surface area (Å²) in [5.41, 5.74) is 3.10. The van der Waals surface area contributed by atoms with Gasteiger partial charge >= 0.3 is 11.6 Å². The molecule has 0 aliphatic carbocycles. The van der Waals surface area contributed by atoms with Gasteiger partial charge in [-0.2, -0.15) is 12.7 Å². The number of sulfonamides is 1. The minimum atomic E-state index is -3.59. The van der Waals surface area contributed by atoms with Crippen LogP contribution in [0.2, 0.25) is 0 Å². The number of benzene rings is 2. The Hall–Kier alpha value is -3.68. The maximum Gasteiger partial charge on any atom is 0.335 e. The second-order valence-corrected chi connectivity index (χ2v) is 10.7. The van der Waals surface area contributed by atoms with E-state index >= 15 is 0 Å². The van der Waals surface area contributed by atoms with E-state index in [0.717, 1.165) is 11.1 Å². The Kier molecular flexibility index (Phi) is 8.49. The number of hydrogen-bond donors (Lipinski definition) is 1. The fourth-order valence-electron chi connectivity index (χ4n) is 4.40. The summed E-state index contributed by atoms with van der Waals surface area (Å²) >= 11 is -0.750. The minimum Gasteiger partial charge on any atom is -0.497 e. The van der Waals surface area contributed by atoms with Gasteiger partial charge in [0, 0.05) is 18.7 Å². The van der Waals surface area contributed by atoms with E-state index < -0.39 is 21.6 Å². The average Bonchev–Trinajstić information content (AvgIpc) is 3.36. The molecule has 13 heteroatoms. The third-order valence-corrected chi connectivity index (χ3v) is 8.26. The maximum absolute atomic E-state index is 14.3. The van der Waals surface area contributed by atoms with Crippen LogP contribution in [0, 0.1) is 12.7 Å². The molecule has 0 amide bonds. The number of nitrogens with zero attached hydrogens (tertiary/aromatic N) is 3. The van der Waals surface area contributed by atoms with Crippen molar-refractivity contribution in [3.63, 3.8) is 0 Å². The monoisotopic (exact) mass is 560 g/mol. The van der Waals surface area contributed by atoms with Crippen molar-refractivity contribution in [1.29, 1.82) is 0 Å². The lowest BCUT2D eigenvalue weighted by Crippen LogP contribution is -2.37. The van der Waals surface area contributed by atoms with Gasteiger partial charge in [-0.1, -0.05) is 6.07 Å². The van der Waals surface area contributed by atoms with E-state index in [1.165, 1.54) is 16.7 Å². The predicted molar refractivity (Wildman–Crippen MR) is 139 cm³/mol. The van der Waals surface area contributed by atoms with Crippen LogP contribution in [0.5, 0.6) is 5.75 Å². The van der Waals surface area contributed by atoms with Gasteiger partial charge in [0.1, 0.15) is 23.4 Å². The Morgan fingerprint density at radius 3 is 2.42 bits per heavy atom. The van der Waals surface area contributed by atoms with Crippen molar-refractivity contribution in [2.45, 2.75) is 30.6 Å². The fraction of sp³-hybridized carbons (Fsp3) is 0.280. The van der Waals surface area contributed by atoms with Crippen molar-refractivity contribution in [3.05, 3.63) is 72.0 Å². The number of rotatable bonds is 6. The third-order valence-electron chi connectivity index (χ3n) is 6.35. The molecule has 10 nitrogen and oxygen atoms in total. The molecule has 0 saturated carbocycles. The summed E-state index contributed by atoms with van der Waals surface area (Å²) in [6.45, 7) is 2.59. The molecule has 1 aliphatic heterocycles. The zero-order chi connectivity index (χ0) is 27.3. The Balaban J connectivity index is 0.00000107. The number of aromatic nitrogens is 2. The van der Waals surface area contributed by atoms with Gasteiger partial charge in [0.25, 0.3) is 0 Å². The van der Waals surface area contributed by atoms with Crippen molar-refractivity contribution in [2.75, 3.05) is 25.5 Å². The van der Waals surface area contributed by atoms with Crippen molar-refractivity contribution in [1.82, 2.24) is 14.3 Å². The van der Waals surface area contributed by atoms with Crippen LogP contribution in [0.15, 0.2) is 64.4 Å². The smallest absolute Gasteiger partial charge is 0.335 e. The van der Waals surface area contributed by atoms with E-state index in [4.69, 9.17) is 17.6 Å². The molecule has 2 aromatic carbocycles. The molecule has 0 bridgehead atoms. The molecule has 5 rings (SSSR count). The summed E-state index contributed by atoms with van der Waals surface area (Å²) in [5.74, 6) is 0.686. The van der Waals surface area contributed by atoms with E-state index in [2.05, 4.69) is 15.3 Å². The van der Waals surface area contributed by atoms with Crippen LogP contribution in [-0.4, -0.2) is 51.3 Å². The first kappa shape index (κ1) is 27.4. The number of ether oxygens (including phenoxy) is 1. The molecule has 38 heavy (non-hydrogen) atoms. The summed E-state index contributed by atoms with van der Waals surface area (Å²) < 4.78 is 69.5. The number of nitrogens with one attached hydrogen (secondary N) is 1. The van der Waals surface area contributed by atoms with Crippen LogP contribution in [0.1, 0.15) is 29.9 Å². The molecule has 3 heterocycles. The van der Waals surface area contributed by atoms with Gasteiger partial charge in [-0.15, -0.1) is 0 Å². The summed E-state index contributed by atoms with van der Waals surface area (Å²) in [4.78, 5) is 8.89. The molecule has 0 atom stereocenters. The van der Waals surface area contributed by atoms with Crippen LogP contribution in [0.4, 0.5) is 15.9 Å². The first-order valence-electron chi connectivity index (χ1n) is 11.6. The minimum absolute atomic E-state index is 0.0810. The van der Waals surface area contributed by atoms with Crippen molar-refractivity contribution >= 4 is 44.2 Å². The number of anilines is 2. The number of aryl methyl sites for hydroxylation is 1. The summed E-state index contributed by atoms with van der Waals surface area (Å²) in [6, 6.07) is 11.3. The van der Waals surface area contributed by atoms with E-state index in [1.807, 2.05) is 13.0 Å². The summed E-state index contributed by atoms with van der Waals surface area (Å²) in [5, 5.41) is 3.00. The van der Waals surface area contributed by atoms with Crippen LogP contribution < -0.4 is 10.1 Å². The zero-order valence-corrected chi connectivity index (χ0v) is 22.2. The van der Waals surface area contributed by atoms with Crippen LogP contribution in [-0.2, 0) is 21.6 Å². The van der Waals surface area contributed by atoms with E-state index in [9.17, 15) is 12.8 Å². The van der Waals surface area contributed by atoms with Gasteiger partial charge in [-0.05, 0) is 67.6 Å². The lowest BCUT2D eigenvalue weighted by atomic mass is 9.91. The Morgan fingerprint density at radius 2 is 1.79 bits per heavy atom. The number of fused-ring (bicyclic) bond motifs is 1. The number of furan rings is 1. The second kappa shape index (κ2) is 11.8. The normalized spacial score (nSPS) is 14.5. The summed E-state index contributed by atoms with van der Waals surface area (Å²) in [7, 11) is -2.05. The molecule has 1 saturated heterocycles. The molecular formula is C25H25FN4O6S2. The first-order valence-corrected chi connectivity index (χ1v) is 13.7. The molecule has 0 radical (unpaired) electrons. The van der Waals surface area contributed by atoms with Gasteiger partial charge in [-0.25, -0.2) is 22.8 Å². The van der Waals surface area contributed by atoms with Crippen molar-refractivity contribution < 1.29 is 30.4 Å². The lowest BCUT2D eigenvalue weighted by molar-refractivity contribution is 0.319. The van der Waals surface area contributed by atoms with Gasteiger partial charge in [0.15, 0.2) is 11.4 Å². The van der Waals surface area contributed by atoms with Gasteiger partial charge in [0.05, 0.1) is 24.0 Å². The number of methoxy groups -OCH3 is 1. The molecule has 0 unspecified atom stereocenters. The lowest BCUT2D eigenvalue weighted by Gasteiger charge is -2.30. The van der Waals surface area contributed by atoms with Gasteiger partial charge in [-0.3, -0.25) is 0 Å². The molecule has 4 aromatic rings. The fourth-order valence-corrected chi connectivity index (χ4v) is 5.87. The second-order valence-electron chi connectivity index (χ2n) is 8.62. The summed E-state index contributed by atoms with van der Waals surface area (Å²) in [6.07, 6.45) is 4.32. The van der Waals surface area contributed by atoms with Crippen molar-refractivity contribution in [2.24, 2.45) is 0 Å². The quantitative estimate of drug-likeness (QED) is 0.366. The molecule has 1 aliphatic rings. The maximum atomic E-state index is 14.3. The molecule has 1 N–H and O–H groups in total. The van der Waals surface area contributed by atoms with Crippen LogP contribution in [0.25, 0.3) is 11.1 Å². The third kappa shape index (κ3) is 5.74. The van der Waals surface area contributed by atoms with Crippen LogP contribution >= 0.6 is 0 Å². The highest BCUT2D eigenvalue weighted by Crippen LogP contribution is 2.37. The van der Waals surface area contributed by atoms with E-state index in [0.29, 0.717) is 54.3 Å². The number of hydrogen-bond acceptors (Lipinski definition) is 9. The molecule has 2 aromatic heterocycles. The molecule has 1 fully saturated rings. The Morgan fingerprint density at radius 1 is 1.11 bits per heavy atom. The van der Waals surface area contributed by atoms with E-state index in [-0.39, 0.29) is 16.6 Å². The number of piperidine rings is 1. The first-order chi connectivity index (χ1) is 18.3. The molecule has 0 spiro atoms. The molecule has 200 valence electrons. The average molecular weight is 561 g/mol. The van der Waals surface area contributed by atoms with E-state index in [1.54, 1.807) is 43.7 Å². The highest BCUT2D eigenvalue weighted by Gasteiger charge is 2.31. The Labute approximate surface area is 222 Å². The SMILES string of the molecule is COc1ccc(S(=O)(=O)N2CCC(c3coc4c(Nc5ccc(C)cc5F)ncnc34)CC2)cc1.O=S=O. The topological polar surface area (TPSA) is 132 Å². The highest BCUT2D eigenvalue weighted by molar-refractivity contribution is 7.89. The highest BCUT2D eigenvalue weighted by atomic mass is 32.2.